The molecule has 0 aromatic heterocycles. The Balaban J connectivity index is 4.65. The Morgan fingerprint density at radius 2 is 0.960 bits per heavy atom. The summed E-state index contributed by atoms with van der Waals surface area (Å²) in [5.74, 6) is 0. The van der Waals surface area contributed by atoms with Gasteiger partial charge in [-0.25, -0.2) is 0 Å². The summed E-state index contributed by atoms with van der Waals surface area (Å²) in [5.41, 5.74) is 0. The van der Waals surface area contributed by atoms with E-state index in [1.54, 1.807) is 11.8 Å². The maximum absolute atomic E-state index is 4.42. The third-order valence-electron chi connectivity index (χ3n) is 2.35. The van der Waals surface area contributed by atoms with Gasteiger partial charge in [-0.2, -0.15) is 75.8 Å². The Hall–Kier alpha value is 4.90. The molecule has 14 heteroatoms. The topological polar surface area (TPSA) is 0 Å². The number of hydrogen-bond donors (Lipinski definition) is 6. The van der Waals surface area contributed by atoms with E-state index in [1.807, 2.05) is 82.3 Å². The molecule has 0 saturated heterocycles. The molecule has 0 aliphatic heterocycles. The molecule has 0 bridgehead atoms. The minimum absolute atomic E-state index is 0.0455. The Labute approximate surface area is 220 Å². The fraction of sp³-hybridized carbons (Fsp3) is 1.00. The van der Waals surface area contributed by atoms with Crippen LogP contribution in [0, 0.1) is 0 Å². The third kappa shape index (κ3) is 15.4. The SMILES string of the molecule is CSC(SC(S)S)C(SCS)SCSC(SCS)C(SCS)SCS. The van der Waals surface area contributed by atoms with E-state index in [0.29, 0.717) is 18.3 Å². The van der Waals surface area contributed by atoms with E-state index in [1.165, 1.54) is 0 Å². The van der Waals surface area contributed by atoms with E-state index in [2.05, 4.69) is 82.0 Å². The summed E-state index contributed by atoms with van der Waals surface area (Å²) in [5, 5.41) is 4.37. The molecule has 0 fully saturated rings. The van der Waals surface area contributed by atoms with Crippen molar-refractivity contribution >= 4 is 170 Å². The Morgan fingerprint density at radius 1 is 0.600 bits per heavy atom. The predicted octanol–water partition coefficient (Wildman–Crippen LogP) is 7.44. The molecule has 0 aliphatic rings. The first-order valence-corrected chi connectivity index (χ1v) is 18.8. The van der Waals surface area contributed by atoms with Gasteiger partial charge < -0.3 is 0 Å². The summed E-state index contributed by atoms with van der Waals surface area (Å²) in [4.78, 5) is 0. The van der Waals surface area contributed by atoms with E-state index in [-0.39, 0.29) is 3.91 Å². The molecule has 0 aromatic carbocycles. The second-order valence-corrected chi connectivity index (χ2v) is 19.5. The zero-order valence-corrected chi connectivity index (χ0v) is 25.3. The Bertz CT molecular complexity index is 274. The van der Waals surface area contributed by atoms with Gasteiger partial charge >= 0.3 is 0 Å². The number of hydrogen-bond acceptors (Lipinski definition) is 14. The first-order valence-electron chi connectivity index (χ1n) is 6.71. The maximum atomic E-state index is 4.42. The molecule has 0 rings (SSSR count). The molecule has 0 N–H and O–H groups in total. The quantitative estimate of drug-likeness (QED) is 0.0740. The highest BCUT2D eigenvalue weighted by atomic mass is 32.3. The van der Waals surface area contributed by atoms with Gasteiger partial charge in [0, 0.05) is 25.4 Å². The summed E-state index contributed by atoms with van der Waals surface area (Å²) in [7, 11) is 0. The lowest BCUT2D eigenvalue weighted by Gasteiger charge is -2.27. The van der Waals surface area contributed by atoms with E-state index >= 15 is 0 Å². The molecule has 0 aliphatic carbocycles. The van der Waals surface area contributed by atoms with Crippen molar-refractivity contribution in [2.45, 2.75) is 22.2 Å². The Morgan fingerprint density at radius 3 is 1.28 bits per heavy atom. The van der Waals surface area contributed by atoms with Crippen molar-refractivity contribution in [3.63, 3.8) is 0 Å². The summed E-state index contributed by atoms with van der Waals surface area (Å²) >= 11 is 41.7. The van der Waals surface area contributed by atoms with Crippen molar-refractivity contribution in [1.29, 1.82) is 0 Å². The van der Waals surface area contributed by atoms with Gasteiger partial charge in [0.25, 0.3) is 0 Å². The molecule has 3 atom stereocenters. The summed E-state index contributed by atoms with van der Waals surface area (Å²) in [6, 6.07) is 0. The van der Waals surface area contributed by atoms with Gasteiger partial charge in [0.05, 0.1) is 22.2 Å². The van der Waals surface area contributed by atoms with Crippen LogP contribution in [0.1, 0.15) is 0 Å². The lowest BCUT2D eigenvalue weighted by Crippen LogP contribution is -2.17. The second kappa shape index (κ2) is 20.8. The second-order valence-electron chi connectivity index (χ2n) is 3.81. The highest BCUT2D eigenvalue weighted by Crippen LogP contribution is 2.46. The zero-order valence-electron chi connectivity index (χ0n) is 13.4. The average molecular weight is 605 g/mol. The molecule has 0 spiro atoms. The summed E-state index contributed by atoms with van der Waals surface area (Å²) in [6.07, 6.45) is 2.16. The van der Waals surface area contributed by atoms with Crippen LogP contribution in [0.3, 0.4) is 0 Å². The van der Waals surface area contributed by atoms with E-state index in [0.717, 1.165) is 25.4 Å². The molecule has 152 valence electrons. The smallest absolute Gasteiger partial charge is 0.0911 e. The van der Waals surface area contributed by atoms with Crippen molar-refractivity contribution in [3.05, 3.63) is 0 Å². The lowest BCUT2D eigenvalue weighted by molar-refractivity contribution is 1.35. The molecule has 3 unspecified atom stereocenters. The number of thiol groups is 6. The van der Waals surface area contributed by atoms with Crippen LogP contribution in [0.25, 0.3) is 0 Å². The van der Waals surface area contributed by atoms with Crippen LogP contribution in [0.2, 0.25) is 0 Å². The average Bonchev–Trinajstić information content (AvgIpc) is 2.58. The van der Waals surface area contributed by atoms with Crippen LogP contribution < -0.4 is 0 Å². The van der Waals surface area contributed by atoms with Crippen LogP contribution in [-0.4, -0.2) is 53.9 Å². The number of thioether (sulfide) groups is 8. The van der Waals surface area contributed by atoms with Gasteiger partial charge in [0.15, 0.2) is 0 Å². The highest BCUT2D eigenvalue weighted by molar-refractivity contribution is 8.33. The van der Waals surface area contributed by atoms with Crippen molar-refractivity contribution < 1.29 is 0 Å². The van der Waals surface area contributed by atoms with Crippen molar-refractivity contribution in [1.82, 2.24) is 0 Å². The molecule has 0 amide bonds. The first kappa shape index (κ1) is 29.9. The third-order valence-corrected chi connectivity index (χ3v) is 16.4. The molecule has 0 heterocycles. The molecule has 0 aromatic rings. The zero-order chi connectivity index (χ0) is 19.1. The molecule has 0 nitrogen and oxygen atoms in total. The summed E-state index contributed by atoms with van der Waals surface area (Å²) < 4.78 is 1.95. The van der Waals surface area contributed by atoms with Crippen LogP contribution in [0.4, 0.5) is 0 Å². The van der Waals surface area contributed by atoms with E-state index in [9.17, 15) is 0 Å². The van der Waals surface area contributed by atoms with Gasteiger partial charge in [-0.05, 0) is 6.26 Å². The van der Waals surface area contributed by atoms with Crippen LogP contribution in [0.15, 0.2) is 0 Å². The van der Waals surface area contributed by atoms with E-state index < -0.39 is 0 Å². The van der Waals surface area contributed by atoms with E-state index in [4.69, 9.17) is 0 Å². The van der Waals surface area contributed by atoms with Gasteiger partial charge in [0.2, 0.25) is 0 Å². The first-order chi connectivity index (χ1) is 12.0. The predicted molar refractivity (Wildman–Crippen MR) is 164 cm³/mol. The highest BCUT2D eigenvalue weighted by Gasteiger charge is 2.26. The standard InChI is InChI=1S/C11H24S14/c1-18-7(25-11(16)17)8(19-2-12)23-6-24-10(22-5-15)9(20-3-13)21-4-14/h7-17H,2-6H2,1H3. The monoisotopic (exact) mass is 604 g/mol. The molecule has 0 saturated carbocycles. The number of rotatable bonds is 17. The van der Waals surface area contributed by atoms with Crippen LogP contribution >= 0.6 is 170 Å². The minimum Gasteiger partial charge on any atom is -0.168 e. The minimum atomic E-state index is 0.0455. The summed E-state index contributed by atoms with van der Waals surface area (Å²) in [6.45, 7) is 0. The van der Waals surface area contributed by atoms with Crippen molar-refractivity contribution in [2.24, 2.45) is 0 Å². The Kier molecular flexibility index (Phi) is 24.9. The van der Waals surface area contributed by atoms with Gasteiger partial charge in [0.1, 0.15) is 0 Å². The fourth-order valence-corrected chi connectivity index (χ4v) is 17.0. The fourth-order valence-electron chi connectivity index (χ4n) is 1.43. The largest absolute Gasteiger partial charge is 0.168 e. The van der Waals surface area contributed by atoms with Crippen LogP contribution in [-0.2, 0) is 0 Å². The molecular weight excluding hydrogens is 581 g/mol. The van der Waals surface area contributed by atoms with Gasteiger partial charge in [-0.1, -0.05) is 0 Å². The van der Waals surface area contributed by atoms with Crippen molar-refractivity contribution in [2.75, 3.05) is 31.7 Å². The van der Waals surface area contributed by atoms with Crippen LogP contribution in [0.5, 0.6) is 0 Å². The van der Waals surface area contributed by atoms with Gasteiger partial charge in [-0.3, -0.25) is 0 Å². The molecule has 0 radical (unpaired) electrons. The lowest BCUT2D eigenvalue weighted by atomic mass is 10.9. The molecular formula is C11H24S14. The maximum Gasteiger partial charge on any atom is 0.0911 e. The van der Waals surface area contributed by atoms with Crippen molar-refractivity contribution in [3.8, 4) is 0 Å². The normalized spacial score (nSPS) is 15.7. The molecule has 25 heavy (non-hydrogen) atoms. The van der Waals surface area contributed by atoms with Gasteiger partial charge in [-0.15, -0.1) is 94.1 Å².